The summed E-state index contributed by atoms with van der Waals surface area (Å²) < 4.78 is 35.4. The van der Waals surface area contributed by atoms with Crippen molar-refractivity contribution in [1.29, 1.82) is 0 Å². The van der Waals surface area contributed by atoms with Crippen molar-refractivity contribution in [3.8, 4) is 16.9 Å². The summed E-state index contributed by atoms with van der Waals surface area (Å²) in [6.07, 6.45) is 0. The number of sulfonamides is 1. The van der Waals surface area contributed by atoms with Gasteiger partial charge >= 0.3 is 0 Å². The summed E-state index contributed by atoms with van der Waals surface area (Å²) in [7, 11) is -1.96. The molecule has 0 unspecified atom stereocenters. The maximum atomic E-state index is 12.0. The minimum Gasteiger partial charge on any atom is -0.497 e. The van der Waals surface area contributed by atoms with Crippen molar-refractivity contribution in [3.63, 3.8) is 0 Å². The third kappa shape index (κ3) is 3.70. The number of hydrogen-bond acceptors (Lipinski definition) is 4. The molecule has 5 nitrogen and oxygen atoms in total. The topological polar surface area (TPSA) is 55.8 Å². The maximum absolute atomic E-state index is 12.0. The van der Waals surface area contributed by atoms with Gasteiger partial charge in [0.2, 0.25) is 0 Å². The first-order chi connectivity index (χ1) is 9.12. The molecule has 0 bridgehead atoms. The summed E-state index contributed by atoms with van der Waals surface area (Å²) >= 11 is 0. The van der Waals surface area contributed by atoms with E-state index in [1.54, 1.807) is 31.4 Å². The van der Waals surface area contributed by atoms with Gasteiger partial charge < -0.3 is 9.47 Å². The highest BCUT2D eigenvalue weighted by molar-refractivity contribution is 7.93. The lowest BCUT2D eigenvalue weighted by atomic mass is 10.2. The lowest BCUT2D eigenvalue weighted by Crippen LogP contribution is -2.39. The quantitative estimate of drug-likeness (QED) is 0.748. The number of morpholine rings is 1. The molecule has 1 saturated heterocycles. The zero-order chi connectivity index (χ0) is 13.7. The number of benzene rings is 1. The summed E-state index contributed by atoms with van der Waals surface area (Å²) in [4.78, 5) is 0. The van der Waals surface area contributed by atoms with Crippen molar-refractivity contribution in [2.24, 2.45) is 0 Å². The van der Waals surface area contributed by atoms with Crippen LogP contribution in [-0.4, -0.2) is 46.1 Å². The van der Waals surface area contributed by atoms with Crippen LogP contribution in [0.1, 0.15) is 5.56 Å². The Bertz CT molecular complexity index is 577. The Labute approximate surface area is 113 Å². The molecule has 0 spiro atoms. The highest BCUT2D eigenvalue weighted by atomic mass is 32.2. The third-order valence-electron chi connectivity index (χ3n) is 2.72. The Morgan fingerprint density at radius 2 is 1.84 bits per heavy atom. The molecule has 0 N–H and O–H groups in total. The van der Waals surface area contributed by atoms with E-state index in [0.717, 1.165) is 0 Å². The van der Waals surface area contributed by atoms with Gasteiger partial charge in [0.05, 0.1) is 20.3 Å². The van der Waals surface area contributed by atoms with Crippen molar-refractivity contribution in [2.75, 3.05) is 33.4 Å². The fourth-order valence-electron chi connectivity index (χ4n) is 1.65. The van der Waals surface area contributed by atoms with Crippen LogP contribution in [0.4, 0.5) is 0 Å². The van der Waals surface area contributed by atoms with Gasteiger partial charge in [-0.25, -0.2) is 0 Å². The van der Waals surface area contributed by atoms with Crippen molar-refractivity contribution in [2.45, 2.75) is 0 Å². The Morgan fingerprint density at radius 1 is 1.21 bits per heavy atom. The van der Waals surface area contributed by atoms with Gasteiger partial charge in [-0.3, -0.25) is 0 Å². The van der Waals surface area contributed by atoms with Gasteiger partial charge in [0, 0.05) is 23.9 Å². The van der Waals surface area contributed by atoms with E-state index in [4.69, 9.17) is 9.47 Å². The molecule has 19 heavy (non-hydrogen) atoms. The highest BCUT2D eigenvalue weighted by Crippen LogP contribution is 2.11. The number of ether oxygens (including phenoxy) is 2. The Balaban J connectivity index is 2.12. The van der Waals surface area contributed by atoms with Crippen LogP contribution < -0.4 is 4.74 Å². The van der Waals surface area contributed by atoms with Crippen LogP contribution in [0.15, 0.2) is 24.3 Å². The number of hydrogen-bond donors (Lipinski definition) is 0. The van der Waals surface area contributed by atoms with Crippen LogP contribution >= 0.6 is 0 Å². The van der Waals surface area contributed by atoms with E-state index in [-0.39, 0.29) is 0 Å². The fourth-order valence-corrected chi connectivity index (χ4v) is 2.65. The van der Waals surface area contributed by atoms with Gasteiger partial charge in [0.1, 0.15) is 5.75 Å². The van der Waals surface area contributed by atoms with Gasteiger partial charge in [0.25, 0.3) is 10.0 Å². The first kappa shape index (κ1) is 13.9. The monoisotopic (exact) mass is 281 g/mol. The second kappa shape index (κ2) is 6.06. The number of nitrogens with zero attached hydrogens (tertiary/aromatic N) is 1. The predicted molar refractivity (Wildman–Crippen MR) is 71.2 cm³/mol. The van der Waals surface area contributed by atoms with Crippen molar-refractivity contribution in [1.82, 2.24) is 4.31 Å². The van der Waals surface area contributed by atoms with E-state index < -0.39 is 10.0 Å². The smallest absolute Gasteiger partial charge is 0.283 e. The largest absolute Gasteiger partial charge is 0.497 e. The Morgan fingerprint density at radius 3 is 2.42 bits per heavy atom. The summed E-state index contributed by atoms with van der Waals surface area (Å²) in [5, 5.41) is 2.33. The van der Waals surface area contributed by atoms with Gasteiger partial charge in [-0.2, -0.15) is 12.7 Å². The van der Waals surface area contributed by atoms with Crippen LogP contribution in [0.3, 0.4) is 0 Å². The molecule has 0 atom stereocenters. The molecule has 102 valence electrons. The summed E-state index contributed by atoms with van der Waals surface area (Å²) in [6, 6.07) is 6.93. The average Bonchev–Trinajstić information content (AvgIpc) is 2.47. The molecule has 1 fully saturated rings. The maximum Gasteiger partial charge on any atom is 0.283 e. The zero-order valence-electron chi connectivity index (χ0n) is 10.6. The fraction of sp³-hybridized carbons (Fsp3) is 0.385. The predicted octanol–water partition coefficient (Wildman–Crippen LogP) is 0.666. The van der Waals surface area contributed by atoms with Crippen molar-refractivity contribution >= 4 is 10.0 Å². The lowest BCUT2D eigenvalue weighted by Gasteiger charge is -2.23. The summed E-state index contributed by atoms with van der Waals surface area (Å²) in [5.41, 5.74) is 0.637. The van der Waals surface area contributed by atoms with Gasteiger partial charge in [-0.1, -0.05) is 0 Å². The first-order valence-corrected chi connectivity index (χ1v) is 7.30. The van der Waals surface area contributed by atoms with Crippen LogP contribution in [0, 0.1) is 11.2 Å². The minimum atomic E-state index is -3.54. The summed E-state index contributed by atoms with van der Waals surface area (Å²) in [5.74, 6) is 3.37. The molecule has 0 aromatic heterocycles. The van der Waals surface area contributed by atoms with Crippen LogP contribution in [0.5, 0.6) is 5.75 Å². The van der Waals surface area contributed by atoms with E-state index in [0.29, 0.717) is 37.6 Å². The van der Waals surface area contributed by atoms with Crippen LogP contribution in [0.25, 0.3) is 0 Å². The molecule has 2 rings (SSSR count). The Kier molecular flexibility index (Phi) is 4.43. The van der Waals surface area contributed by atoms with Crippen molar-refractivity contribution in [3.05, 3.63) is 29.8 Å². The molecule has 0 amide bonds. The second-order valence-corrected chi connectivity index (χ2v) is 5.64. The van der Waals surface area contributed by atoms with Crippen molar-refractivity contribution < 1.29 is 17.9 Å². The molecule has 0 aliphatic carbocycles. The van der Waals surface area contributed by atoms with E-state index in [9.17, 15) is 8.42 Å². The standard InChI is InChI=1S/C13H15NO4S/c1-17-13-4-2-12(3-5-13)6-11-19(15,16)14-7-9-18-10-8-14/h2-5H,7-10H2,1H3. The molecular formula is C13H15NO4S. The molecule has 1 aromatic carbocycles. The molecule has 0 radical (unpaired) electrons. The van der Waals surface area contributed by atoms with E-state index >= 15 is 0 Å². The summed E-state index contributed by atoms with van der Waals surface area (Å²) in [6.45, 7) is 1.56. The minimum absolute atomic E-state index is 0.361. The van der Waals surface area contributed by atoms with E-state index in [2.05, 4.69) is 11.2 Å². The zero-order valence-corrected chi connectivity index (χ0v) is 11.4. The molecule has 1 aliphatic rings. The molecule has 0 saturated carbocycles. The van der Waals surface area contributed by atoms with E-state index in [1.165, 1.54) is 4.31 Å². The van der Waals surface area contributed by atoms with Gasteiger partial charge in [0.15, 0.2) is 0 Å². The molecular weight excluding hydrogens is 266 g/mol. The normalized spacial score (nSPS) is 16.5. The van der Waals surface area contributed by atoms with Crippen LogP contribution in [-0.2, 0) is 14.8 Å². The molecule has 1 heterocycles. The SMILES string of the molecule is COc1ccc(C#CS(=O)(=O)N2CCOCC2)cc1. The Hall–Kier alpha value is -1.55. The van der Waals surface area contributed by atoms with Gasteiger partial charge in [-0.15, -0.1) is 0 Å². The lowest BCUT2D eigenvalue weighted by molar-refractivity contribution is 0.0737. The van der Waals surface area contributed by atoms with Crippen LogP contribution in [0.2, 0.25) is 0 Å². The first-order valence-electron chi connectivity index (χ1n) is 5.86. The third-order valence-corrected chi connectivity index (χ3v) is 4.13. The number of methoxy groups -OCH3 is 1. The highest BCUT2D eigenvalue weighted by Gasteiger charge is 2.21. The average molecular weight is 281 g/mol. The molecule has 1 aromatic rings. The molecule has 1 aliphatic heterocycles. The molecule has 6 heteroatoms. The van der Waals surface area contributed by atoms with E-state index in [1.807, 2.05) is 0 Å². The number of rotatable bonds is 2. The second-order valence-electron chi connectivity index (χ2n) is 3.97. The van der Waals surface area contributed by atoms with Gasteiger partial charge in [-0.05, 0) is 30.2 Å².